The van der Waals surface area contributed by atoms with E-state index in [1.165, 1.54) is 17.4 Å². The van der Waals surface area contributed by atoms with Crippen LogP contribution in [-0.2, 0) is 4.79 Å². The van der Waals surface area contributed by atoms with Crippen LogP contribution in [0.3, 0.4) is 0 Å². The smallest absolute Gasteiger partial charge is 0.260 e. The van der Waals surface area contributed by atoms with Crippen LogP contribution in [0, 0.1) is 12.7 Å². The zero-order valence-corrected chi connectivity index (χ0v) is 17.0. The molecule has 0 saturated carbocycles. The van der Waals surface area contributed by atoms with Crippen molar-refractivity contribution in [3.63, 3.8) is 0 Å². The van der Waals surface area contributed by atoms with Crippen LogP contribution in [0.2, 0.25) is 0 Å². The van der Waals surface area contributed by atoms with Crippen molar-refractivity contribution in [1.29, 1.82) is 0 Å². The predicted molar refractivity (Wildman–Crippen MR) is 111 cm³/mol. The molecular formula is C22H22FN3O2S. The lowest BCUT2D eigenvalue weighted by atomic mass is 9.99. The van der Waals surface area contributed by atoms with Gasteiger partial charge in [0.25, 0.3) is 5.91 Å². The van der Waals surface area contributed by atoms with Gasteiger partial charge in [-0.1, -0.05) is 41.7 Å². The molecule has 1 atom stereocenters. The van der Waals surface area contributed by atoms with E-state index in [0.29, 0.717) is 23.7 Å². The Balaban J connectivity index is 1.40. The summed E-state index contributed by atoms with van der Waals surface area (Å²) in [7, 11) is 0. The molecule has 1 saturated heterocycles. The first-order valence-corrected chi connectivity index (χ1v) is 10.5. The van der Waals surface area contributed by atoms with Crippen LogP contribution < -0.4 is 4.74 Å². The summed E-state index contributed by atoms with van der Waals surface area (Å²) in [6.45, 7) is 3.28. The summed E-state index contributed by atoms with van der Waals surface area (Å²) in [6.07, 6.45) is 1.84. The minimum Gasteiger partial charge on any atom is -0.484 e. The lowest BCUT2D eigenvalue weighted by molar-refractivity contribution is -0.134. The molecule has 150 valence electrons. The third kappa shape index (κ3) is 4.45. The molecular weight excluding hydrogens is 389 g/mol. The SMILES string of the molecule is Cc1ccccc1OCC(=O)N1CCCC(c2nnc(-c3ccccc3F)s2)C1. The normalized spacial score (nSPS) is 16.6. The van der Waals surface area contributed by atoms with Crippen molar-refractivity contribution in [2.24, 2.45) is 0 Å². The molecule has 0 spiro atoms. The van der Waals surface area contributed by atoms with Crippen LogP contribution in [0.5, 0.6) is 5.75 Å². The first-order chi connectivity index (χ1) is 14.1. The number of nitrogens with zero attached hydrogens (tertiary/aromatic N) is 3. The summed E-state index contributed by atoms with van der Waals surface area (Å²) in [6, 6.07) is 14.2. The van der Waals surface area contributed by atoms with Gasteiger partial charge in [0, 0.05) is 24.6 Å². The van der Waals surface area contributed by atoms with E-state index < -0.39 is 0 Å². The number of likely N-dealkylation sites (tertiary alicyclic amines) is 1. The van der Waals surface area contributed by atoms with Crippen molar-refractivity contribution < 1.29 is 13.9 Å². The number of amides is 1. The first kappa shape index (κ1) is 19.5. The second kappa shape index (κ2) is 8.69. The lowest BCUT2D eigenvalue weighted by Gasteiger charge is -2.31. The summed E-state index contributed by atoms with van der Waals surface area (Å²) in [5, 5.41) is 9.89. The maximum atomic E-state index is 14.0. The average Bonchev–Trinajstić information content (AvgIpc) is 3.23. The summed E-state index contributed by atoms with van der Waals surface area (Å²) < 4.78 is 19.7. The Labute approximate surface area is 173 Å². The van der Waals surface area contributed by atoms with Gasteiger partial charge in [0.2, 0.25) is 0 Å². The Hall–Kier alpha value is -2.80. The number of hydrogen-bond acceptors (Lipinski definition) is 5. The van der Waals surface area contributed by atoms with Crippen LogP contribution in [-0.4, -0.2) is 40.7 Å². The fraction of sp³-hybridized carbons (Fsp3) is 0.318. The van der Waals surface area contributed by atoms with E-state index in [1.807, 2.05) is 36.1 Å². The zero-order chi connectivity index (χ0) is 20.2. The largest absolute Gasteiger partial charge is 0.484 e. The number of carbonyl (C=O) groups is 1. The van der Waals surface area contributed by atoms with Crippen LogP contribution in [0.25, 0.3) is 10.6 Å². The van der Waals surface area contributed by atoms with Crippen molar-refractivity contribution in [2.75, 3.05) is 19.7 Å². The van der Waals surface area contributed by atoms with E-state index in [4.69, 9.17) is 4.74 Å². The van der Waals surface area contributed by atoms with Gasteiger partial charge in [0.05, 0.1) is 0 Å². The molecule has 5 nitrogen and oxygen atoms in total. The van der Waals surface area contributed by atoms with Gasteiger partial charge in [-0.05, 0) is 43.5 Å². The van der Waals surface area contributed by atoms with Crippen molar-refractivity contribution in [1.82, 2.24) is 15.1 Å². The second-order valence-electron chi connectivity index (χ2n) is 7.16. The van der Waals surface area contributed by atoms with Gasteiger partial charge in [-0.25, -0.2) is 4.39 Å². The number of aromatic nitrogens is 2. The van der Waals surface area contributed by atoms with E-state index in [-0.39, 0.29) is 24.2 Å². The highest BCUT2D eigenvalue weighted by atomic mass is 32.1. The standard InChI is InChI=1S/C22H22FN3O2S/c1-15-7-2-5-11-19(15)28-14-20(27)26-12-6-8-16(13-26)21-24-25-22(29-21)17-9-3-4-10-18(17)23/h2-5,7,9-11,16H,6,8,12-14H2,1H3. The lowest BCUT2D eigenvalue weighted by Crippen LogP contribution is -2.41. The molecule has 0 N–H and O–H groups in total. The number of benzene rings is 2. The fourth-order valence-corrected chi connectivity index (χ4v) is 4.49. The molecule has 1 fully saturated rings. The number of carbonyl (C=O) groups excluding carboxylic acids is 1. The topological polar surface area (TPSA) is 55.3 Å². The molecule has 0 aliphatic carbocycles. The van der Waals surface area contributed by atoms with Crippen molar-refractivity contribution in [3.8, 4) is 16.3 Å². The number of para-hydroxylation sites is 1. The molecule has 7 heteroatoms. The fourth-order valence-electron chi connectivity index (χ4n) is 3.50. The Bertz CT molecular complexity index is 1010. The van der Waals surface area contributed by atoms with Gasteiger partial charge in [0.15, 0.2) is 11.6 Å². The highest BCUT2D eigenvalue weighted by molar-refractivity contribution is 7.14. The minimum atomic E-state index is -0.302. The molecule has 2 heterocycles. The summed E-state index contributed by atoms with van der Waals surface area (Å²) in [5.41, 5.74) is 1.47. The van der Waals surface area contributed by atoms with Crippen molar-refractivity contribution in [3.05, 3.63) is 64.9 Å². The van der Waals surface area contributed by atoms with Gasteiger partial charge >= 0.3 is 0 Å². The molecule has 1 amide bonds. The van der Waals surface area contributed by atoms with Crippen LogP contribution in [0.1, 0.15) is 29.3 Å². The van der Waals surface area contributed by atoms with E-state index in [1.54, 1.807) is 18.2 Å². The van der Waals surface area contributed by atoms with E-state index in [0.717, 1.165) is 29.2 Å². The monoisotopic (exact) mass is 411 g/mol. The molecule has 29 heavy (non-hydrogen) atoms. The Kier molecular flexibility index (Phi) is 5.85. The summed E-state index contributed by atoms with van der Waals surface area (Å²) in [4.78, 5) is 14.5. The quantitative estimate of drug-likeness (QED) is 0.623. The number of piperidine rings is 1. The molecule has 3 aromatic rings. The average molecular weight is 412 g/mol. The molecule has 1 unspecified atom stereocenters. The highest BCUT2D eigenvalue weighted by Crippen LogP contribution is 2.33. The molecule has 2 aromatic carbocycles. The highest BCUT2D eigenvalue weighted by Gasteiger charge is 2.28. The second-order valence-corrected chi connectivity index (χ2v) is 8.17. The van der Waals surface area contributed by atoms with Gasteiger partial charge in [0.1, 0.15) is 16.6 Å². The van der Waals surface area contributed by atoms with Gasteiger partial charge in [-0.3, -0.25) is 4.79 Å². The van der Waals surface area contributed by atoms with Gasteiger partial charge < -0.3 is 9.64 Å². The predicted octanol–water partition coefficient (Wildman–Crippen LogP) is 4.44. The number of hydrogen-bond donors (Lipinski definition) is 0. The third-order valence-corrected chi connectivity index (χ3v) is 6.23. The Morgan fingerprint density at radius 1 is 1.21 bits per heavy atom. The minimum absolute atomic E-state index is 0.0220. The molecule has 1 aromatic heterocycles. The first-order valence-electron chi connectivity index (χ1n) is 9.66. The van der Waals surface area contributed by atoms with Crippen molar-refractivity contribution >= 4 is 17.2 Å². The number of halogens is 1. The van der Waals surface area contributed by atoms with E-state index in [2.05, 4.69) is 10.2 Å². The molecule has 0 bridgehead atoms. The van der Waals surface area contributed by atoms with Gasteiger partial charge in [-0.15, -0.1) is 10.2 Å². The Morgan fingerprint density at radius 2 is 2.00 bits per heavy atom. The Morgan fingerprint density at radius 3 is 2.83 bits per heavy atom. The number of rotatable bonds is 5. The van der Waals surface area contributed by atoms with Crippen molar-refractivity contribution in [2.45, 2.75) is 25.7 Å². The zero-order valence-electron chi connectivity index (χ0n) is 16.2. The van der Waals surface area contributed by atoms with E-state index >= 15 is 0 Å². The van der Waals surface area contributed by atoms with Crippen LogP contribution in [0.4, 0.5) is 4.39 Å². The molecule has 1 aliphatic heterocycles. The van der Waals surface area contributed by atoms with Gasteiger partial charge in [-0.2, -0.15) is 0 Å². The third-order valence-electron chi connectivity index (χ3n) is 5.11. The van der Waals surface area contributed by atoms with E-state index in [9.17, 15) is 9.18 Å². The molecule has 0 radical (unpaired) electrons. The number of aryl methyl sites for hydroxylation is 1. The van der Waals surface area contributed by atoms with Crippen LogP contribution in [0.15, 0.2) is 48.5 Å². The molecule has 4 rings (SSSR count). The maximum absolute atomic E-state index is 14.0. The molecule has 1 aliphatic rings. The van der Waals surface area contributed by atoms with Crippen LogP contribution >= 0.6 is 11.3 Å². The number of ether oxygens (including phenoxy) is 1. The summed E-state index contributed by atoms with van der Waals surface area (Å²) in [5.74, 6) is 0.512. The maximum Gasteiger partial charge on any atom is 0.260 e. The summed E-state index contributed by atoms with van der Waals surface area (Å²) >= 11 is 1.40.